The first-order valence-corrected chi connectivity index (χ1v) is 10.0. The molecule has 0 bridgehead atoms. The second-order valence-electron chi connectivity index (χ2n) is 6.05. The van der Waals surface area contributed by atoms with E-state index in [2.05, 4.69) is 41.8 Å². The summed E-state index contributed by atoms with van der Waals surface area (Å²) >= 11 is 7.27. The van der Waals surface area contributed by atoms with Crippen LogP contribution in [0.4, 0.5) is 5.69 Å². The van der Waals surface area contributed by atoms with Crippen LogP contribution >= 0.6 is 24.0 Å². The summed E-state index contributed by atoms with van der Waals surface area (Å²) in [5, 5.41) is 7.09. The topological polar surface area (TPSA) is 33.3 Å². The Morgan fingerprint density at radius 1 is 1.16 bits per heavy atom. The minimum atomic E-state index is 0.158. The third kappa shape index (κ3) is 7.36. The fraction of sp³-hybridized carbons (Fsp3) is 0.350. The smallest absolute Gasteiger partial charge is 0.170 e. The van der Waals surface area contributed by atoms with Gasteiger partial charge in [-0.2, -0.15) is 11.8 Å². The summed E-state index contributed by atoms with van der Waals surface area (Å²) in [6, 6.07) is 16.4. The van der Waals surface area contributed by atoms with Crippen molar-refractivity contribution in [1.29, 1.82) is 0 Å². The van der Waals surface area contributed by atoms with Crippen molar-refractivity contribution in [2.24, 2.45) is 0 Å². The molecule has 0 aliphatic carbocycles. The van der Waals surface area contributed by atoms with E-state index in [4.69, 9.17) is 17.0 Å². The average molecular weight is 375 g/mol. The molecule has 0 radical (unpaired) electrons. The largest absolute Gasteiger partial charge is 0.491 e. The van der Waals surface area contributed by atoms with Crippen LogP contribution in [-0.2, 0) is 5.75 Å². The van der Waals surface area contributed by atoms with Crippen LogP contribution in [0.3, 0.4) is 0 Å². The van der Waals surface area contributed by atoms with E-state index in [-0.39, 0.29) is 6.10 Å². The van der Waals surface area contributed by atoms with Crippen LogP contribution in [0.25, 0.3) is 0 Å². The Bertz CT molecular complexity index is 689. The third-order valence-corrected chi connectivity index (χ3v) is 4.77. The molecule has 0 atom stereocenters. The van der Waals surface area contributed by atoms with Gasteiger partial charge in [0.05, 0.1) is 6.10 Å². The van der Waals surface area contributed by atoms with Gasteiger partial charge in [-0.05, 0) is 56.2 Å². The monoisotopic (exact) mass is 374 g/mol. The molecule has 0 saturated carbocycles. The number of hydrogen-bond donors (Lipinski definition) is 2. The van der Waals surface area contributed by atoms with Gasteiger partial charge in [-0.25, -0.2) is 0 Å². The molecule has 25 heavy (non-hydrogen) atoms. The second-order valence-corrected chi connectivity index (χ2v) is 7.57. The molecule has 0 fully saturated rings. The highest BCUT2D eigenvalue weighted by atomic mass is 32.2. The van der Waals surface area contributed by atoms with Gasteiger partial charge < -0.3 is 15.4 Å². The van der Waals surface area contributed by atoms with Crippen LogP contribution in [0.5, 0.6) is 5.75 Å². The number of hydrogen-bond acceptors (Lipinski definition) is 3. The lowest BCUT2D eigenvalue weighted by atomic mass is 10.1. The van der Waals surface area contributed by atoms with Crippen molar-refractivity contribution in [3.63, 3.8) is 0 Å². The average Bonchev–Trinajstić information content (AvgIpc) is 2.56. The van der Waals surface area contributed by atoms with Crippen LogP contribution < -0.4 is 15.4 Å². The van der Waals surface area contributed by atoms with Gasteiger partial charge in [0.15, 0.2) is 5.11 Å². The maximum absolute atomic E-state index is 5.69. The highest BCUT2D eigenvalue weighted by Crippen LogP contribution is 2.18. The molecular weight excluding hydrogens is 348 g/mol. The van der Waals surface area contributed by atoms with Crippen molar-refractivity contribution in [2.75, 3.05) is 17.6 Å². The first kappa shape index (κ1) is 19.6. The SMILES string of the molecule is Cc1ccccc1CSCCNC(=S)Nc1cccc(OC(C)C)c1. The quantitative estimate of drug-likeness (QED) is 0.502. The van der Waals surface area contributed by atoms with Crippen LogP contribution in [0.1, 0.15) is 25.0 Å². The summed E-state index contributed by atoms with van der Waals surface area (Å²) in [6.07, 6.45) is 0.158. The second kappa shape index (κ2) is 10.3. The Balaban J connectivity index is 1.68. The molecule has 5 heteroatoms. The highest BCUT2D eigenvalue weighted by Gasteiger charge is 2.02. The van der Waals surface area contributed by atoms with E-state index in [1.807, 2.05) is 49.9 Å². The number of nitrogens with one attached hydrogen (secondary N) is 2. The highest BCUT2D eigenvalue weighted by molar-refractivity contribution is 7.98. The zero-order valence-corrected chi connectivity index (χ0v) is 16.7. The van der Waals surface area contributed by atoms with Crippen molar-refractivity contribution >= 4 is 34.8 Å². The lowest BCUT2D eigenvalue weighted by molar-refractivity contribution is 0.242. The molecule has 0 spiro atoms. The van der Waals surface area contributed by atoms with E-state index in [0.29, 0.717) is 5.11 Å². The van der Waals surface area contributed by atoms with Crippen molar-refractivity contribution in [2.45, 2.75) is 32.6 Å². The van der Waals surface area contributed by atoms with E-state index in [9.17, 15) is 0 Å². The lowest BCUT2D eigenvalue weighted by Gasteiger charge is -2.13. The number of benzene rings is 2. The molecule has 2 aromatic rings. The summed E-state index contributed by atoms with van der Waals surface area (Å²) in [7, 11) is 0. The van der Waals surface area contributed by atoms with Gasteiger partial charge >= 0.3 is 0 Å². The summed E-state index contributed by atoms with van der Waals surface area (Å²) in [6.45, 7) is 7.02. The molecule has 0 aliphatic rings. The maximum Gasteiger partial charge on any atom is 0.170 e. The lowest BCUT2D eigenvalue weighted by Crippen LogP contribution is -2.30. The Labute approximate surface area is 160 Å². The molecule has 0 unspecified atom stereocenters. The van der Waals surface area contributed by atoms with Gasteiger partial charge in [-0.3, -0.25) is 0 Å². The van der Waals surface area contributed by atoms with Crippen LogP contribution in [0.15, 0.2) is 48.5 Å². The van der Waals surface area contributed by atoms with Crippen molar-refractivity contribution in [3.8, 4) is 5.75 Å². The first-order valence-electron chi connectivity index (χ1n) is 8.48. The molecular formula is C20H26N2OS2. The molecule has 2 N–H and O–H groups in total. The number of rotatable bonds is 8. The fourth-order valence-electron chi connectivity index (χ4n) is 2.29. The Kier molecular flexibility index (Phi) is 8.09. The number of thioether (sulfide) groups is 1. The van der Waals surface area contributed by atoms with E-state index < -0.39 is 0 Å². The van der Waals surface area contributed by atoms with E-state index in [1.54, 1.807) is 0 Å². The van der Waals surface area contributed by atoms with Crippen LogP contribution in [-0.4, -0.2) is 23.5 Å². The van der Waals surface area contributed by atoms with Gasteiger partial charge in [-0.1, -0.05) is 30.3 Å². The van der Waals surface area contributed by atoms with Gasteiger partial charge in [0, 0.05) is 29.8 Å². The molecule has 134 valence electrons. The molecule has 0 aromatic heterocycles. The Hall–Kier alpha value is -1.72. The molecule has 0 aliphatic heterocycles. The third-order valence-electron chi connectivity index (χ3n) is 3.51. The minimum absolute atomic E-state index is 0.158. The van der Waals surface area contributed by atoms with E-state index in [0.717, 1.165) is 29.5 Å². The fourth-order valence-corrected chi connectivity index (χ4v) is 3.44. The van der Waals surface area contributed by atoms with Crippen molar-refractivity contribution < 1.29 is 4.74 Å². The molecule has 3 nitrogen and oxygen atoms in total. The summed E-state index contributed by atoms with van der Waals surface area (Å²) in [5.41, 5.74) is 3.68. The minimum Gasteiger partial charge on any atom is -0.491 e. The number of anilines is 1. The van der Waals surface area contributed by atoms with Crippen molar-refractivity contribution in [1.82, 2.24) is 5.32 Å². The number of ether oxygens (including phenoxy) is 1. The predicted octanol–water partition coefficient (Wildman–Crippen LogP) is 5.00. The standard InChI is InChI=1S/C20H26N2OS2/c1-15(2)23-19-10-6-9-18(13-19)22-20(24)21-11-12-25-14-17-8-5-4-7-16(17)3/h4-10,13,15H,11-12,14H2,1-3H3,(H2,21,22,24). The molecule has 0 heterocycles. The maximum atomic E-state index is 5.69. The molecule has 2 aromatic carbocycles. The van der Waals surface area contributed by atoms with Gasteiger partial charge in [0.2, 0.25) is 0 Å². The summed E-state index contributed by atoms with van der Waals surface area (Å²) in [4.78, 5) is 0. The molecule has 0 saturated heterocycles. The summed E-state index contributed by atoms with van der Waals surface area (Å²) in [5.74, 6) is 2.88. The van der Waals surface area contributed by atoms with Gasteiger partial charge in [-0.15, -0.1) is 0 Å². The molecule has 0 amide bonds. The number of thiocarbonyl (C=S) groups is 1. The Morgan fingerprint density at radius 2 is 1.96 bits per heavy atom. The van der Waals surface area contributed by atoms with Crippen LogP contribution in [0, 0.1) is 6.92 Å². The zero-order chi connectivity index (χ0) is 18.1. The zero-order valence-electron chi connectivity index (χ0n) is 15.0. The molecule has 2 rings (SSSR count). The number of aryl methyl sites for hydroxylation is 1. The summed E-state index contributed by atoms with van der Waals surface area (Å²) < 4.78 is 5.69. The van der Waals surface area contributed by atoms with Gasteiger partial charge in [0.25, 0.3) is 0 Å². The Morgan fingerprint density at radius 3 is 2.72 bits per heavy atom. The van der Waals surface area contributed by atoms with Crippen molar-refractivity contribution in [3.05, 3.63) is 59.7 Å². The van der Waals surface area contributed by atoms with E-state index >= 15 is 0 Å². The predicted molar refractivity (Wildman–Crippen MR) is 114 cm³/mol. The normalized spacial score (nSPS) is 10.6. The van der Waals surface area contributed by atoms with Gasteiger partial charge in [0.1, 0.15) is 5.75 Å². The first-order chi connectivity index (χ1) is 12.0. The van der Waals surface area contributed by atoms with Crippen LogP contribution in [0.2, 0.25) is 0 Å². The van der Waals surface area contributed by atoms with E-state index in [1.165, 1.54) is 11.1 Å².